The molecule has 29 heavy (non-hydrogen) atoms. The molecular formula is C23H22N6. The summed E-state index contributed by atoms with van der Waals surface area (Å²) in [6.45, 7) is 0. The van der Waals surface area contributed by atoms with Crippen molar-refractivity contribution >= 4 is 34.9 Å². The molecule has 1 N–H and O–H groups in total. The lowest BCUT2D eigenvalue weighted by atomic mass is 10.3. The van der Waals surface area contributed by atoms with Gasteiger partial charge < -0.3 is 15.1 Å². The first kappa shape index (κ1) is 18.4. The minimum Gasteiger partial charge on any atom is -0.324 e. The molecule has 6 heteroatoms. The average molecular weight is 382 g/mol. The van der Waals surface area contributed by atoms with E-state index in [2.05, 4.69) is 15.3 Å². The topological polar surface area (TPSA) is 57.2 Å². The summed E-state index contributed by atoms with van der Waals surface area (Å²) >= 11 is 0. The van der Waals surface area contributed by atoms with Crippen LogP contribution in [0.1, 0.15) is 0 Å². The number of nitrogens with one attached hydrogen (secondary N) is 1. The minimum absolute atomic E-state index is 0.488. The quantitative estimate of drug-likeness (QED) is 0.498. The molecular weight excluding hydrogens is 360 g/mol. The molecule has 0 unspecified atom stereocenters. The third-order valence-electron chi connectivity index (χ3n) is 4.53. The molecule has 3 aromatic carbocycles. The number of hydrogen-bond donors (Lipinski definition) is 1. The molecule has 4 aromatic rings. The van der Waals surface area contributed by atoms with Gasteiger partial charge in [0.25, 0.3) is 0 Å². The Morgan fingerprint density at radius 1 is 0.552 bits per heavy atom. The SMILES string of the molecule is CN(c1ccccc1)c1nc(Nc2ccccc2)nc(N(C)c2ccccc2)n1. The fraction of sp³-hybridized carbons (Fsp3) is 0.0870. The Kier molecular flexibility index (Phi) is 5.33. The standard InChI is InChI=1S/C23H22N6/c1-28(19-14-8-4-9-15-19)22-25-21(24-18-12-6-3-7-13-18)26-23(27-22)29(2)20-16-10-5-11-17-20/h3-17H,1-2H3,(H,24,25,26,27). The summed E-state index contributed by atoms with van der Waals surface area (Å²) < 4.78 is 0. The van der Waals surface area contributed by atoms with Gasteiger partial charge in [-0.1, -0.05) is 54.6 Å². The van der Waals surface area contributed by atoms with E-state index in [1.165, 1.54) is 0 Å². The Morgan fingerprint density at radius 3 is 1.41 bits per heavy atom. The molecule has 0 aliphatic carbocycles. The van der Waals surface area contributed by atoms with Crippen LogP contribution in [0.4, 0.5) is 34.9 Å². The van der Waals surface area contributed by atoms with Crippen molar-refractivity contribution in [1.29, 1.82) is 0 Å². The van der Waals surface area contributed by atoms with Gasteiger partial charge in [-0.25, -0.2) is 0 Å². The molecule has 0 aliphatic rings. The zero-order valence-electron chi connectivity index (χ0n) is 16.4. The number of para-hydroxylation sites is 3. The molecule has 0 saturated heterocycles. The van der Waals surface area contributed by atoms with E-state index in [1.807, 2.05) is 115 Å². The van der Waals surface area contributed by atoms with Crippen molar-refractivity contribution in [2.45, 2.75) is 0 Å². The van der Waals surface area contributed by atoms with Crippen molar-refractivity contribution in [2.75, 3.05) is 29.2 Å². The number of rotatable bonds is 6. The lowest BCUT2D eigenvalue weighted by Crippen LogP contribution is -2.19. The second kappa shape index (κ2) is 8.39. The molecule has 0 fully saturated rings. The van der Waals surface area contributed by atoms with E-state index in [1.54, 1.807) is 0 Å². The van der Waals surface area contributed by atoms with Crippen molar-refractivity contribution in [2.24, 2.45) is 0 Å². The monoisotopic (exact) mass is 382 g/mol. The summed E-state index contributed by atoms with van der Waals surface area (Å²) in [6.07, 6.45) is 0. The maximum atomic E-state index is 4.72. The second-order valence-corrected chi connectivity index (χ2v) is 6.54. The van der Waals surface area contributed by atoms with Gasteiger partial charge in [-0.3, -0.25) is 0 Å². The van der Waals surface area contributed by atoms with Crippen LogP contribution in [0.3, 0.4) is 0 Å². The molecule has 0 aliphatic heterocycles. The summed E-state index contributed by atoms with van der Waals surface area (Å²) in [5.74, 6) is 1.60. The second-order valence-electron chi connectivity index (χ2n) is 6.54. The van der Waals surface area contributed by atoms with Crippen molar-refractivity contribution in [1.82, 2.24) is 15.0 Å². The predicted molar refractivity (Wildman–Crippen MR) is 119 cm³/mol. The number of aromatic nitrogens is 3. The third kappa shape index (κ3) is 4.32. The van der Waals surface area contributed by atoms with Gasteiger partial charge in [0.15, 0.2) is 0 Å². The Balaban J connectivity index is 1.74. The van der Waals surface area contributed by atoms with Crippen LogP contribution in [-0.4, -0.2) is 29.0 Å². The highest BCUT2D eigenvalue weighted by molar-refractivity contribution is 5.63. The summed E-state index contributed by atoms with van der Waals surface area (Å²) in [4.78, 5) is 17.9. The molecule has 0 saturated carbocycles. The van der Waals surface area contributed by atoms with Crippen LogP contribution in [-0.2, 0) is 0 Å². The lowest BCUT2D eigenvalue weighted by molar-refractivity contribution is 0.956. The van der Waals surface area contributed by atoms with E-state index in [0.717, 1.165) is 17.1 Å². The number of benzene rings is 3. The van der Waals surface area contributed by atoms with E-state index in [-0.39, 0.29) is 0 Å². The zero-order chi connectivity index (χ0) is 20.1. The molecule has 0 spiro atoms. The normalized spacial score (nSPS) is 10.4. The fourth-order valence-corrected chi connectivity index (χ4v) is 2.89. The first-order valence-corrected chi connectivity index (χ1v) is 9.36. The number of anilines is 6. The van der Waals surface area contributed by atoms with Crippen LogP contribution >= 0.6 is 0 Å². The van der Waals surface area contributed by atoms with Gasteiger partial charge in [-0.2, -0.15) is 15.0 Å². The molecule has 0 bridgehead atoms. The predicted octanol–water partition coefficient (Wildman–Crippen LogP) is 5.15. The molecule has 144 valence electrons. The summed E-state index contributed by atoms with van der Waals surface area (Å²) in [5, 5.41) is 3.28. The molecule has 4 rings (SSSR count). The van der Waals surface area contributed by atoms with Gasteiger partial charge in [0.1, 0.15) is 0 Å². The van der Waals surface area contributed by atoms with Crippen LogP contribution in [0.25, 0.3) is 0 Å². The minimum atomic E-state index is 0.488. The van der Waals surface area contributed by atoms with Gasteiger partial charge in [0.05, 0.1) is 0 Å². The smallest absolute Gasteiger partial charge is 0.236 e. The molecule has 0 amide bonds. The molecule has 6 nitrogen and oxygen atoms in total. The highest BCUT2D eigenvalue weighted by Gasteiger charge is 2.15. The fourth-order valence-electron chi connectivity index (χ4n) is 2.89. The lowest BCUT2D eigenvalue weighted by Gasteiger charge is -2.22. The number of hydrogen-bond acceptors (Lipinski definition) is 6. The van der Waals surface area contributed by atoms with Crippen molar-refractivity contribution < 1.29 is 0 Å². The molecule has 0 atom stereocenters. The Hall–Kier alpha value is -3.93. The summed E-state index contributed by atoms with van der Waals surface area (Å²) in [5.41, 5.74) is 2.91. The molecule has 1 heterocycles. The van der Waals surface area contributed by atoms with Crippen LogP contribution < -0.4 is 15.1 Å². The zero-order valence-corrected chi connectivity index (χ0v) is 16.4. The van der Waals surface area contributed by atoms with Crippen molar-refractivity contribution in [3.63, 3.8) is 0 Å². The average Bonchev–Trinajstić information content (AvgIpc) is 2.79. The van der Waals surface area contributed by atoms with E-state index in [9.17, 15) is 0 Å². The number of nitrogens with zero attached hydrogens (tertiary/aromatic N) is 5. The van der Waals surface area contributed by atoms with Gasteiger partial charge in [-0.15, -0.1) is 0 Å². The summed E-state index contributed by atoms with van der Waals surface area (Å²) in [6, 6.07) is 29.9. The van der Waals surface area contributed by atoms with Crippen LogP contribution in [0.2, 0.25) is 0 Å². The summed E-state index contributed by atoms with van der Waals surface area (Å²) in [7, 11) is 3.90. The van der Waals surface area contributed by atoms with Gasteiger partial charge in [-0.05, 0) is 36.4 Å². The highest BCUT2D eigenvalue weighted by atomic mass is 15.4. The Morgan fingerprint density at radius 2 is 0.966 bits per heavy atom. The van der Waals surface area contributed by atoms with Crippen molar-refractivity contribution in [3.05, 3.63) is 91.0 Å². The van der Waals surface area contributed by atoms with Gasteiger partial charge in [0, 0.05) is 31.2 Å². The first-order valence-electron chi connectivity index (χ1n) is 9.36. The van der Waals surface area contributed by atoms with Gasteiger partial charge >= 0.3 is 0 Å². The molecule has 0 radical (unpaired) electrons. The van der Waals surface area contributed by atoms with E-state index in [0.29, 0.717) is 17.8 Å². The Labute approximate surface area is 170 Å². The van der Waals surface area contributed by atoms with Gasteiger partial charge in [0.2, 0.25) is 17.8 Å². The van der Waals surface area contributed by atoms with Crippen molar-refractivity contribution in [3.8, 4) is 0 Å². The first-order chi connectivity index (χ1) is 14.2. The highest BCUT2D eigenvalue weighted by Crippen LogP contribution is 2.26. The maximum absolute atomic E-state index is 4.72. The van der Waals surface area contributed by atoms with E-state index < -0.39 is 0 Å². The van der Waals surface area contributed by atoms with Crippen LogP contribution in [0.15, 0.2) is 91.0 Å². The van der Waals surface area contributed by atoms with Crippen LogP contribution in [0.5, 0.6) is 0 Å². The van der Waals surface area contributed by atoms with Crippen LogP contribution in [0, 0.1) is 0 Å². The largest absolute Gasteiger partial charge is 0.324 e. The third-order valence-corrected chi connectivity index (χ3v) is 4.53. The Bertz CT molecular complexity index is 991. The van der Waals surface area contributed by atoms with E-state index in [4.69, 9.17) is 4.98 Å². The van der Waals surface area contributed by atoms with E-state index >= 15 is 0 Å². The molecule has 1 aromatic heterocycles. The maximum Gasteiger partial charge on any atom is 0.236 e.